The van der Waals surface area contributed by atoms with Crippen molar-refractivity contribution in [3.63, 3.8) is 0 Å². The molecule has 0 aliphatic heterocycles. The number of aliphatic hydroxyl groups is 1. The van der Waals surface area contributed by atoms with Crippen LogP contribution in [-0.4, -0.2) is 29.4 Å². The Kier molecular flexibility index (Phi) is 6.51. The highest BCUT2D eigenvalue weighted by Crippen LogP contribution is 2.59. The third kappa shape index (κ3) is 5.50. The third-order valence-electron chi connectivity index (χ3n) is 4.42. The highest BCUT2D eigenvalue weighted by atomic mass is 16.6. The average Bonchev–Trinajstić information content (AvgIpc) is 2.29. The fourth-order valence-electron chi connectivity index (χ4n) is 3.47. The number of amides is 1. The normalized spacial score (nSPS) is 21.4. The van der Waals surface area contributed by atoms with Gasteiger partial charge in [0.05, 0.1) is 12.6 Å². The summed E-state index contributed by atoms with van der Waals surface area (Å²) in [6, 6.07) is -0.169. The Morgan fingerprint density at radius 1 is 1.33 bits per heavy atom. The second-order valence-electron chi connectivity index (χ2n) is 7.39. The number of alkyl carbamates (subject to hydrolysis) is 1. The van der Waals surface area contributed by atoms with Crippen LogP contribution < -0.4 is 5.32 Å². The fourth-order valence-corrected chi connectivity index (χ4v) is 3.47. The summed E-state index contributed by atoms with van der Waals surface area (Å²) in [6.07, 6.45) is 7.15. The second-order valence-corrected chi connectivity index (χ2v) is 7.39. The van der Waals surface area contributed by atoms with E-state index in [1.165, 1.54) is 32.1 Å². The minimum absolute atomic E-state index is 0.0112. The maximum Gasteiger partial charge on any atom is 0.407 e. The first-order valence-electron chi connectivity index (χ1n) is 8.42. The number of hydrogen-bond acceptors (Lipinski definition) is 3. The van der Waals surface area contributed by atoms with Crippen molar-refractivity contribution in [2.24, 2.45) is 11.3 Å². The van der Waals surface area contributed by atoms with Crippen molar-refractivity contribution in [3.8, 4) is 0 Å². The summed E-state index contributed by atoms with van der Waals surface area (Å²) >= 11 is 0. The Labute approximate surface area is 129 Å². The highest BCUT2D eigenvalue weighted by molar-refractivity contribution is 5.68. The molecule has 0 aromatic carbocycles. The molecule has 1 spiro atoms. The largest absolute Gasteiger partial charge is 0.444 e. The molecule has 2 rings (SSSR count). The Bertz CT molecular complexity index is 323. The van der Waals surface area contributed by atoms with Crippen LogP contribution >= 0.6 is 0 Å². The summed E-state index contributed by atoms with van der Waals surface area (Å²) in [4.78, 5) is 11.7. The lowest BCUT2D eigenvalue weighted by atomic mass is 9.51. The minimum atomic E-state index is -0.490. The van der Waals surface area contributed by atoms with Crippen molar-refractivity contribution in [2.45, 2.75) is 84.8 Å². The predicted octanol–water partition coefficient (Wildman–Crippen LogP) is 3.87. The molecule has 0 aromatic heterocycles. The van der Waals surface area contributed by atoms with E-state index in [1.807, 2.05) is 34.6 Å². The fraction of sp³-hybridized carbons (Fsp3) is 0.941. The number of nitrogens with one attached hydrogen (secondary N) is 1. The number of carbonyl (C=O) groups is 1. The summed E-state index contributed by atoms with van der Waals surface area (Å²) in [5.41, 5.74) is 0.160. The van der Waals surface area contributed by atoms with Crippen LogP contribution in [0.25, 0.3) is 0 Å². The molecule has 0 bridgehead atoms. The van der Waals surface area contributed by atoms with E-state index in [4.69, 9.17) is 4.74 Å². The second kappa shape index (κ2) is 7.48. The van der Waals surface area contributed by atoms with Gasteiger partial charge >= 0.3 is 6.09 Å². The molecule has 2 aliphatic rings. The van der Waals surface area contributed by atoms with Gasteiger partial charge in [-0.15, -0.1) is 0 Å². The lowest BCUT2D eigenvalue weighted by Gasteiger charge is -2.55. The number of aliphatic hydroxyl groups excluding tert-OH is 1. The quantitative estimate of drug-likeness (QED) is 0.828. The van der Waals surface area contributed by atoms with Crippen LogP contribution in [0.3, 0.4) is 0 Å². The van der Waals surface area contributed by atoms with E-state index < -0.39 is 11.7 Å². The molecule has 2 saturated carbocycles. The van der Waals surface area contributed by atoms with Gasteiger partial charge in [-0.3, -0.25) is 0 Å². The molecule has 0 heterocycles. The molecule has 0 radical (unpaired) electrons. The Balaban J connectivity index is 0.00000106. The zero-order valence-corrected chi connectivity index (χ0v) is 14.4. The van der Waals surface area contributed by atoms with Gasteiger partial charge in [0.1, 0.15) is 5.60 Å². The summed E-state index contributed by atoms with van der Waals surface area (Å²) in [5, 5.41) is 12.1. The van der Waals surface area contributed by atoms with Crippen LogP contribution in [0.1, 0.15) is 73.1 Å². The van der Waals surface area contributed by atoms with Gasteiger partial charge in [0, 0.05) is 0 Å². The van der Waals surface area contributed by atoms with E-state index in [9.17, 15) is 9.90 Å². The minimum Gasteiger partial charge on any atom is -0.444 e. The molecule has 4 nitrogen and oxygen atoms in total. The Hall–Kier alpha value is -0.770. The van der Waals surface area contributed by atoms with Gasteiger partial charge in [0.2, 0.25) is 0 Å². The summed E-state index contributed by atoms with van der Waals surface area (Å²) in [7, 11) is 0. The number of hydrogen-bond donors (Lipinski definition) is 2. The topological polar surface area (TPSA) is 58.6 Å². The zero-order chi connectivity index (χ0) is 16.1. The van der Waals surface area contributed by atoms with Gasteiger partial charge in [-0.2, -0.15) is 0 Å². The van der Waals surface area contributed by atoms with Gasteiger partial charge in [0.15, 0.2) is 0 Å². The van der Waals surface area contributed by atoms with Crippen LogP contribution in [-0.2, 0) is 4.74 Å². The van der Waals surface area contributed by atoms with Crippen molar-refractivity contribution >= 4 is 6.09 Å². The van der Waals surface area contributed by atoms with E-state index >= 15 is 0 Å². The molecule has 0 saturated heterocycles. The summed E-state index contributed by atoms with van der Waals surface area (Å²) in [6.45, 7) is 9.51. The highest BCUT2D eigenvalue weighted by Gasteiger charge is 2.48. The lowest BCUT2D eigenvalue weighted by molar-refractivity contribution is -0.0340. The molecular weight excluding hydrogens is 266 g/mol. The number of ether oxygens (including phenoxy) is 1. The van der Waals surface area contributed by atoms with Crippen molar-refractivity contribution in [1.82, 2.24) is 5.32 Å². The maximum absolute atomic E-state index is 11.7. The van der Waals surface area contributed by atoms with Crippen molar-refractivity contribution < 1.29 is 14.6 Å². The number of carbonyl (C=O) groups excluding carboxylic acids is 1. The van der Waals surface area contributed by atoms with Crippen LogP contribution in [0.5, 0.6) is 0 Å². The molecule has 1 atom stereocenters. The van der Waals surface area contributed by atoms with Crippen molar-refractivity contribution in [1.29, 1.82) is 0 Å². The molecule has 2 aliphatic carbocycles. The van der Waals surface area contributed by atoms with E-state index in [0.29, 0.717) is 11.3 Å². The van der Waals surface area contributed by atoms with Crippen LogP contribution in [0.15, 0.2) is 0 Å². The van der Waals surface area contributed by atoms with Crippen molar-refractivity contribution in [2.75, 3.05) is 6.61 Å². The van der Waals surface area contributed by atoms with E-state index in [1.54, 1.807) is 0 Å². The summed E-state index contributed by atoms with van der Waals surface area (Å²) in [5.74, 6) is 0.660. The molecule has 0 aromatic rings. The van der Waals surface area contributed by atoms with Crippen LogP contribution in [0.4, 0.5) is 4.79 Å². The average molecular weight is 299 g/mol. The molecule has 21 heavy (non-hydrogen) atoms. The maximum atomic E-state index is 11.7. The van der Waals surface area contributed by atoms with Gasteiger partial charge < -0.3 is 15.2 Å². The van der Waals surface area contributed by atoms with Gasteiger partial charge in [-0.25, -0.2) is 4.79 Å². The molecule has 1 amide bonds. The molecule has 1 unspecified atom stereocenters. The molecular formula is C17H33NO3. The zero-order valence-electron chi connectivity index (χ0n) is 14.4. The van der Waals surface area contributed by atoms with E-state index in [-0.39, 0.29) is 12.6 Å². The smallest absolute Gasteiger partial charge is 0.407 e. The first kappa shape index (κ1) is 18.3. The molecule has 2 N–H and O–H groups in total. The third-order valence-corrected chi connectivity index (χ3v) is 4.42. The van der Waals surface area contributed by atoms with E-state index in [2.05, 4.69) is 5.32 Å². The molecule has 4 heteroatoms. The van der Waals surface area contributed by atoms with Gasteiger partial charge in [-0.05, 0) is 64.2 Å². The number of rotatable bonds is 4. The van der Waals surface area contributed by atoms with Crippen LogP contribution in [0.2, 0.25) is 0 Å². The molecule has 2 fully saturated rings. The summed E-state index contributed by atoms with van der Waals surface area (Å²) < 4.78 is 5.22. The molecule has 124 valence electrons. The predicted molar refractivity (Wildman–Crippen MR) is 85.2 cm³/mol. The van der Waals surface area contributed by atoms with Gasteiger partial charge in [-0.1, -0.05) is 20.3 Å². The van der Waals surface area contributed by atoms with Gasteiger partial charge in [0.25, 0.3) is 0 Å². The first-order valence-corrected chi connectivity index (χ1v) is 8.42. The Morgan fingerprint density at radius 2 is 1.90 bits per heavy atom. The lowest BCUT2D eigenvalue weighted by Crippen LogP contribution is -2.47. The Morgan fingerprint density at radius 3 is 2.29 bits per heavy atom. The standard InChI is InChI=1S/C15H27NO3.C2H6/c1-14(2,3)19-13(18)16-12(10-17)7-11-8-15(9-11)5-4-6-15;1-2/h11-12,17H,4-10H2,1-3H3,(H,16,18);1-2H3. The SMILES string of the molecule is CC.CC(C)(C)OC(=O)NC(CO)CC1CC2(CCC2)C1. The first-order chi connectivity index (χ1) is 9.82. The van der Waals surface area contributed by atoms with E-state index in [0.717, 1.165) is 6.42 Å². The van der Waals surface area contributed by atoms with Crippen molar-refractivity contribution in [3.05, 3.63) is 0 Å². The van der Waals surface area contributed by atoms with Crippen LogP contribution in [0, 0.1) is 11.3 Å². The monoisotopic (exact) mass is 299 g/mol.